The highest BCUT2D eigenvalue weighted by Crippen LogP contribution is 2.78. The molecule has 6 aliphatic rings. The number of Topliss-reactive ketones (excluding diaryl/α,β-unsaturated/α-hetero) is 1. The van der Waals surface area contributed by atoms with Gasteiger partial charge in [-0.3, -0.25) is 4.79 Å². The first-order chi connectivity index (χ1) is 27.9. The first-order valence-electron chi connectivity index (χ1n) is 21.0. The van der Waals surface area contributed by atoms with Crippen molar-refractivity contribution in [3.63, 3.8) is 0 Å². The van der Waals surface area contributed by atoms with Crippen molar-refractivity contribution < 1.29 is 24.5 Å². The molecule has 8 heteroatoms. The second-order valence-corrected chi connectivity index (χ2v) is 19.5. The number of nitrogens with one attached hydrogen (secondary N) is 1. The third-order valence-electron chi connectivity index (χ3n) is 15.9. The van der Waals surface area contributed by atoms with E-state index in [9.17, 15) is 15.0 Å². The van der Waals surface area contributed by atoms with Crippen LogP contribution < -0.4 is 10.1 Å². The summed E-state index contributed by atoms with van der Waals surface area (Å²) in [7, 11) is 1.62. The Morgan fingerprint density at radius 2 is 1.55 bits per heavy atom. The molecule has 1 heterocycles. The number of ether oxygens (including phenoxy) is 1. The van der Waals surface area contributed by atoms with Crippen molar-refractivity contribution >= 4 is 49.7 Å². The largest absolute Gasteiger partial charge is 0.497 e. The number of carbonyl (C=O) groups is 2. The van der Waals surface area contributed by atoms with Crippen LogP contribution in [0.2, 0.25) is 0 Å². The summed E-state index contributed by atoms with van der Waals surface area (Å²) in [5, 5.41) is 30.9. The van der Waals surface area contributed by atoms with Crippen LogP contribution in [0.4, 0.5) is 10.5 Å². The number of nitrogens with zero attached hydrogens (tertiary/aromatic N) is 1. The molecule has 2 spiro atoms. The van der Waals surface area contributed by atoms with Gasteiger partial charge >= 0.3 is 6.03 Å². The molecule has 8 atom stereocenters. The Kier molecular flexibility index (Phi) is 8.65. The number of anilines is 1. The van der Waals surface area contributed by atoms with Gasteiger partial charge in [0, 0.05) is 38.8 Å². The maximum atomic E-state index is 15.2. The number of aliphatic hydroxyl groups is 2. The van der Waals surface area contributed by atoms with E-state index in [0.717, 1.165) is 69.0 Å². The van der Waals surface area contributed by atoms with Crippen LogP contribution in [0.25, 0.3) is 20.9 Å². The number of rotatable bonds is 8. The molecule has 0 radical (unpaired) electrons. The van der Waals surface area contributed by atoms with Gasteiger partial charge in [-0.25, -0.2) is 4.79 Å². The van der Waals surface area contributed by atoms with E-state index in [1.807, 2.05) is 60.7 Å². The van der Waals surface area contributed by atoms with Crippen molar-refractivity contribution in [3.8, 4) is 5.75 Å². The number of amides is 2. The molecule has 3 fully saturated rings. The Bertz CT molecular complexity index is 2490. The van der Waals surface area contributed by atoms with Crippen LogP contribution in [-0.2, 0) is 6.54 Å². The normalized spacial score (nSPS) is 33.3. The lowest BCUT2D eigenvalue weighted by molar-refractivity contribution is -0.174. The summed E-state index contributed by atoms with van der Waals surface area (Å²) >= 11 is 1.56. The van der Waals surface area contributed by atoms with E-state index in [2.05, 4.69) is 73.8 Å². The molecular weight excluding hydrogens is 741 g/mol. The van der Waals surface area contributed by atoms with Gasteiger partial charge in [0.05, 0.1) is 30.2 Å². The predicted molar refractivity (Wildman–Crippen MR) is 231 cm³/mol. The van der Waals surface area contributed by atoms with Crippen LogP contribution in [0.1, 0.15) is 74.0 Å². The van der Waals surface area contributed by atoms with Gasteiger partial charge in [0.1, 0.15) is 5.75 Å². The number of allylic oxidation sites excluding steroid dienone is 4. The zero-order valence-electron chi connectivity index (χ0n) is 33.5. The van der Waals surface area contributed by atoms with Crippen LogP contribution in [0.3, 0.4) is 0 Å². The van der Waals surface area contributed by atoms with Crippen LogP contribution in [0.5, 0.6) is 5.75 Å². The van der Waals surface area contributed by atoms with Crippen molar-refractivity contribution in [2.45, 2.75) is 77.0 Å². The molecule has 3 saturated carbocycles. The topological polar surface area (TPSA) is 99.1 Å². The van der Waals surface area contributed by atoms with Gasteiger partial charge in [-0.15, -0.1) is 11.3 Å². The lowest BCUT2D eigenvalue weighted by Crippen LogP contribution is -2.67. The van der Waals surface area contributed by atoms with Crippen molar-refractivity contribution in [1.82, 2.24) is 4.90 Å². The van der Waals surface area contributed by atoms with Crippen LogP contribution in [-0.4, -0.2) is 52.3 Å². The quantitative estimate of drug-likeness (QED) is 0.107. The fourth-order valence-corrected chi connectivity index (χ4v) is 13.9. The summed E-state index contributed by atoms with van der Waals surface area (Å²) in [4.78, 5) is 32.3. The molecule has 58 heavy (non-hydrogen) atoms. The Labute approximate surface area is 344 Å². The fourth-order valence-electron chi connectivity index (χ4n) is 12.9. The third-order valence-corrected chi connectivity index (χ3v) is 17.0. The number of hydrogen-bond donors (Lipinski definition) is 3. The Morgan fingerprint density at radius 1 is 0.845 bits per heavy atom. The number of urea groups is 1. The number of methoxy groups -OCH3 is 1. The number of carbonyl (C=O) groups excluding carboxylic acids is 2. The first-order valence-corrected chi connectivity index (χ1v) is 21.8. The summed E-state index contributed by atoms with van der Waals surface area (Å²) < 4.78 is 6.46. The lowest BCUT2D eigenvalue weighted by atomic mass is 9.32. The van der Waals surface area contributed by atoms with E-state index < -0.39 is 27.9 Å². The molecule has 4 aromatic carbocycles. The maximum Gasteiger partial charge on any atom is 0.322 e. The summed E-state index contributed by atoms with van der Waals surface area (Å²) in [5.74, 6) is 0.930. The molecule has 0 saturated heterocycles. The highest BCUT2D eigenvalue weighted by molar-refractivity contribution is 7.21. The second-order valence-electron chi connectivity index (χ2n) is 18.4. The van der Waals surface area contributed by atoms with Crippen molar-refractivity contribution in [2.24, 2.45) is 33.5 Å². The van der Waals surface area contributed by atoms with Gasteiger partial charge in [-0.1, -0.05) is 92.7 Å². The Morgan fingerprint density at radius 3 is 2.34 bits per heavy atom. The average Bonchev–Trinajstić information content (AvgIpc) is 3.79. The van der Waals surface area contributed by atoms with Gasteiger partial charge in [0.15, 0.2) is 5.78 Å². The zero-order valence-corrected chi connectivity index (χ0v) is 34.4. The summed E-state index contributed by atoms with van der Waals surface area (Å²) in [6, 6.07) is 31.7. The maximum absolute atomic E-state index is 15.2. The molecule has 1 aromatic heterocycles. The standard InChI is InChI=1S/C50H52N2O5S/c1-46-22-19-36(53)28-48(46)25-26-50(39(29-48)44(54)41-27-33-10-5-7-14-40(33)58-41)42(46)20-23-47(2)43(50)21-24-49(47,56)31-52(45(55)51-35-15-17-37(57-3)18-16-35)30-34-12-8-11-32-9-4-6-13-38(32)34/h4-18,25-27,29,36,42-43,53,56H,19-24,28,30-31H2,1-3H3,(H,51,55). The van der Waals surface area contributed by atoms with Gasteiger partial charge in [-0.2, -0.15) is 0 Å². The average molecular weight is 793 g/mol. The molecule has 6 aliphatic carbocycles. The molecule has 298 valence electrons. The van der Waals surface area contributed by atoms with Crippen LogP contribution >= 0.6 is 11.3 Å². The molecule has 3 N–H and O–H groups in total. The summed E-state index contributed by atoms with van der Waals surface area (Å²) in [6.45, 7) is 5.12. The molecule has 2 bridgehead atoms. The van der Waals surface area contributed by atoms with Crippen molar-refractivity contribution in [1.29, 1.82) is 0 Å². The van der Waals surface area contributed by atoms with Crippen LogP contribution in [0, 0.1) is 33.5 Å². The van der Waals surface area contributed by atoms with Crippen molar-refractivity contribution in [2.75, 3.05) is 19.0 Å². The van der Waals surface area contributed by atoms with E-state index in [-0.39, 0.29) is 35.6 Å². The van der Waals surface area contributed by atoms with Gasteiger partial charge in [0.25, 0.3) is 0 Å². The molecule has 0 aliphatic heterocycles. The highest BCUT2D eigenvalue weighted by atomic mass is 32.1. The predicted octanol–water partition coefficient (Wildman–Crippen LogP) is 10.6. The van der Waals surface area contributed by atoms with Gasteiger partial charge in [-0.05, 0) is 120 Å². The van der Waals surface area contributed by atoms with Gasteiger partial charge in [0.2, 0.25) is 0 Å². The number of thiophene rings is 1. The second kappa shape index (κ2) is 13.4. The minimum absolute atomic E-state index is 0.0318. The number of benzene rings is 4. The minimum atomic E-state index is -1.23. The number of fused-ring (bicyclic) bond motifs is 3. The first kappa shape index (κ1) is 37.5. The van der Waals surface area contributed by atoms with E-state index in [4.69, 9.17) is 4.74 Å². The molecule has 5 aromatic rings. The zero-order chi connectivity index (χ0) is 40.1. The molecule has 8 unspecified atom stereocenters. The third kappa shape index (κ3) is 5.37. The SMILES string of the molecule is COc1ccc(NC(=O)N(Cc2cccc3ccccc23)CC2(O)CCC3C45C=CC6(C=C4C(=O)c4cc7ccccc7s4)CC(O)CCC6(C)C5CCC32C)cc1. The summed E-state index contributed by atoms with van der Waals surface area (Å²) in [6.07, 6.45) is 11.8. The molecule has 7 nitrogen and oxygen atoms in total. The number of aliphatic hydroxyl groups excluding tert-OH is 1. The van der Waals surface area contributed by atoms with Gasteiger partial charge < -0.3 is 25.2 Å². The monoisotopic (exact) mass is 792 g/mol. The Hall–Kier alpha value is -4.76. The lowest BCUT2D eigenvalue weighted by Gasteiger charge is -2.71. The smallest absolute Gasteiger partial charge is 0.322 e. The molecule has 2 amide bonds. The van der Waals surface area contributed by atoms with E-state index in [0.29, 0.717) is 30.8 Å². The Balaban J connectivity index is 1.05. The highest BCUT2D eigenvalue weighted by Gasteiger charge is 2.74. The molecular formula is C50H52N2O5S. The van der Waals surface area contributed by atoms with E-state index in [1.54, 1.807) is 23.3 Å². The minimum Gasteiger partial charge on any atom is -0.497 e. The van der Waals surface area contributed by atoms with Crippen molar-refractivity contribution in [3.05, 3.63) is 131 Å². The van der Waals surface area contributed by atoms with E-state index in [1.165, 1.54) is 0 Å². The summed E-state index contributed by atoms with van der Waals surface area (Å²) in [5.41, 5.74) is -0.450. The fraction of sp³-hybridized carbons (Fsp3) is 0.400. The number of hydrogen-bond acceptors (Lipinski definition) is 6. The number of ketones is 1. The van der Waals surface area contributed by atoms with E-state index >= 15 is 4.79 Å². The molecule has 11 rings (SSSR count). The van der Waals surface area contributed by atoms with Crippen LogP contribution in [0.15, 0.2) is 121 Å².